The van der Waals surface area contributed by atoms with Gasteiger partial charge in [-0.1, -0.05) is 28.1 Å². The Morgan fingerprint density at radius 2 is 1.74 bits per heavy atom. The van der Waals surface area contributed by atoms with Crippen LogP contribution in [0, 0.1) is 0 Å². The number of benzene rings is 2. The Hall–Kier alpha value is -2.67. The van der Waals surface area contributed by atoms with Crippen molar-refractivity contribution in [2.45, 2.75) is 6.54 Å². The van der Waals surface area contributed by atoms with Gasteiger partial charge in [0.25, 0.3) is 0 Å². The van der Waals surface area contributed by atoms with E-state index < -0.39 is 0 Å². The number of nitrogens with one attached hydrogen (secondary N) is 1. The number of nitrogens with zero attached hydrogens (tertiary/aromatic N) is 2. The minimum absolute atomic E-state index is 0.569. The summed E-state index contributed by atoms with van der Waals surface area (Å²) in [5.74, 6) is 2.61. The molecule has 0 bridgehead atoms. The molecule has 0 atom stereocenters. The lowest BCUT2D eigenvalue weighted by Gasteiger charge is -2.15. The second kappa shape index (κ2) is 8.35. The van der Waals surface area contributed by atoms with Gasteiger partial charge in [0.2, 0.25) is 11.7 Å². The fourth-order valence-corrected chi connectivity index (χ4v) is 3.31. The molecule has 7 heteroatoms. The summed E-state index contributed by atoms with van der Waals surface area (Å²) in [5, 5.41) is 3.36. The molecule has 0 saturated heterocycles. The predicted octanol–water partition coefficient (Wildman–Crippen LogP) is 4.49. The van der Waals surface area contributed by atoms with Crippen LogP contribution in [0.5, 0.6) is 17.2 Å². The van der Waals surface area contributed by atoms with Crippen molar-refractivity contribution in [2.75, 3.05) is 26.6 Å². The third-order valence-electron chi connectivity index (χ3n) is 4.28. The molecule has 0 aliphatic rings. The summed E-state index contributed by atoms with van der Waals surface area (Å²) in [5.41, 5.74) is 3.13. The topological polar surface area (TPSA) is 57.5 Å². The fraction of sp³-hybridized carbons (Fsp3) is 0.250. The van der Waals surface area contributed by atoms with Crippen molar-refractivity contribution in [1.82, 2.24) is 9.55 Å². The lowest BCUT2D eigenvalue weighted by molar-refractivity contribution is 0.324. The van der Waals surface area contributed by atoms with Gasteiger partial charge in [0.1, 0.15) is 0 Å². The van der Waals surface area contributed by atoms with E-state index in [-0.39, 0.29) is 0 Å². The number of hydrogen-bond donors (Lipinski definition) is 1. The van der Waals surface area contributed by atoms with Crippen LogP contribution in [0.2, 0.25) is 0 Å². The zero-order valence-electron chi connectivity index (χ0n) is 15.7. The first kappa shape index (κ1) is 19.1. The highest BCUT2D eigenvalue weighted by Gasteiger charge is 2.14. The number of halogens is 1. The van der Waals surface area contributed by atoms with E-state index in [0.717, 1.165) is 27.2 Å². The Bertz CT molecular complexity index is 915. The molecule has 0 fully saturated rings. The van der Waals surface area contributed by atoms with Crippen molar-refractivity contribution in [1.29, 1.82) is 0 Å². The molecule has 3 rings (SSSR count). The molecule has 0 aliphatic carbocycles. The second-order valence-electron chi connectivity index (χ2n) is 5.92. The minimum Gasteiger partial charge on any atom is -0.493 e. The highest BCUT2D eigenvalue weighted by atomic mass is 79.9. The van der Waals surface area contributed by atoms with Gasteiger partial charge in [-0.3, -0.25) is 0 Å². The zero-order chi connectivity index (χ0) is 19.4. The lowest BCUT2D eigenvalue weighted by Crippen LogP contribution is -2.06. The molecule has 142 valence electrons. The monoisotopic (exact) mass is 431 g/mol. The van der Waals surface area contributed by atoms with Gasteiger partial charge in [-0.25, -0.2) is 4.98 Å². The number of aromatic nitrogens is 2. The summed E-state index contributed by atoms with van der Waals surface area (Å²) in [6, 6.07) is 12.0. The van der Waals surface area contributed by atoms with Crippen LogP contribution in [0.15, 0.2) is 47.1 Å². The first-order chi connectivity index (χ1) is 13.1. The summed E-state index contributed by atoms with van der Waals surface area (Å²) in [4.78, 5) is 4.51. The first-order valence-electron chi connectivity index (χ1n) is 8.37. The van der Waals surface area contributed by atoms with Gasteiger partial charge in [0.05, 0.1) is 33.2 Å². The molecule has 2 aromatic carbocycles. The zero-order valence-corrected chi connectivity index (χ0v) is 17.3. The van der Waals surface area contributed by atoms with Crippen LogP contribution in [0.4, 0.5) is 5.95 Å². The Morgan fingerprint density at radius 1 is 1.04 bits per heavy atom. The Morgan fingerprint density at radius 3 is 2.33 bits per heavy atom. The standard InChI is InChI=1S/C20H22BrN3O3/c1-24-16(14-6-5-7-15(21)10-14)12-23-20(24)22-11-13-8-17(25-2)19(27-4)18(9-13)26-3/h5-10,12H,11H2,1-4H3,(H,22,23). The van der Waals surface area contributed by atoms with Crippen molar-refractivity contribution in [2.24, 2.45) is 7.05 Å². The van der Waals surface area contributed by atoms with Gasteiger partial charge < -0.3 is 24.1 Å². The molecule has 1 aromatic heterocycles. The van der Waals surface area contributed by atoms with Crippen molar-refractivity contribution in [3.8, 4) is 28.5 Å². The molecule has 1 heterocycles. The van der Waals surface area contributed by atoms with Gasteiger partial charge in [0.15, 0.2) is 11.5 Å². The highest BCUT2D eigenvalue weighted by Crippen LogP contribution is 2.38. The minimum atomic E-state index is 0.569. The van der Waals surface area contributed by atoms with Gasteiger partial charge in [-0.15, -0.1) is 0 Å². The van der Waals surface area contributed by atoms with E-state index in [1.807, 2.05) is 42.1 Å². The Balaban J connectivity index is 1.82. The van der Waals surface area contributed by atoms with E-state index in [9.17, 15) is 0 Å². The largest absolute Gasteiger partial charge is 0.493 e. The van der Waals surface area contributed by atoms with E-state index in [1.54, 1.807) is 21.3 Å². The summed E-state index contributed by atoms with van der Waals surface area (Å²) in [7, 11) is 6.80. The number of rotatable bonds is 7. The van der Waals surface area contributed by atoms with Crippen molar-refractivity contribution in [3.63, 3.8) is 0 Å². The van der Waals surface area contributed by atoms with Crippen LogP contribution in [0.1, 0.15) is 5.56 Å². The summed E-state index contributed by atoms with van der Waals surface area (Å²) >= 11 is 3.51. The highest BCUT2D eigenvalue weighted by molar-refractivity contribution is 9.10. The Labute approximate surface area is 167 Å². The molecule has 0 radical (unpaired) electrons. The molecule has 3 aromatic rings. The average molecular weight is 432 g/mol. The maximum absolute atomic E-state index is 5.41. The molecule has 1 N–H and O–H groups in total. The van der Waals surface area contributed by atoms with Crippen molar-refractivity contribution < 1.29 is 14.2 Å². The molecule has 0 saturated carbocycles. The Kier molecular flexibility index (Phi) is 5.91. The van der Waals surface area contributed by atoms with Crippen LogP contribution in [-0.2, 0) is 13.6 Å². The molecule has 27 heavy (non-hydrogen) atoms. The summed E-state index contributed by atoms with van der Waals surface area (Å²) in [6.45, 7) is 0.569. The third kappa shape index (κ3) is 4.03. The van der Waals surface area contributed by atoms with Gasteiger partial charge >= 0.3 is 0 Å². The SMILES string of the molecule is COc1cc(CNc2ncc(-c3cccc(Br)c3)n2C)cc(OC)c1OC. The van der Waals surface area contributed by atoms with E-state index in [4.69, 9.17) is 14.2 Å². The van der Waals surface area contributed by atoms with E-state index in [0.29, 0.717) is 23.8 Å². The van der Waals surface area contributed by atoms with Crippen LogP contribution in [-0.4, -0.2) is 30.9 Å². The first-order valence-corrected chi connectivity index (χ1v) is 9.17. The summed E-state index contributed by atoms with van der Waals surface area (Å²) in [6.07, 6.45) is 1.86. The quantitative estimate of drug-likeness (QED) is 0.597. The van der Waals surface area contributed by atoms with E-state index >= 15 is 0 Å². The van der Waals surface area contributed by atoms with Crippen molar-refractivity contribution >= 4 is 21.9 Å². The number of ether oxygens (including phenoxy) is 3. The molecule has 0 unspecified atom stereocenters. The maximum atomic E-state index is 5.41. The number of methoxy groups -OCH3 is 3. The van der Waals surface area contributed by atoms with E-state index in [1.165, 1.54) is 0 Å². The van der Waals surface area contributed by atoms with Crippen LogP contribution < -0.4 is 19.5 Å². The molecular formula is C20H22BrN3O3. The fourth-order valence-electron chi connectivity index (χ4n) is 2.91. The normalized spacial score (nSPS) is 10.6. The number of anilines is 1. The predicted molar refractivity (Wildman–Crippen MR) is 110 cm³/mol. The molecule has 6 nitrogen and oxygen atoms in total. The van der Waals surface area contributed by atoms with Gasteiger partial charge in [-0.2, -0.15) is 0 Å². The van der Waals surface area contributed by atoms with E-state index in [2.05, 4.69) is 38.4 Å². The van der Waals surface area contributed by atoms with Crippen LogP contribution in [0.25, 0.3) is 11.3 Å². The maximum Gasteiger partial charge on any atom is 0.203 e. The van der Waals surface area contributed by atoms with Crippen molar-refractivity contribution in [3.05, 3.63) is 52.6 Å². The van der Waals surface area contributed by atoms with Gasteiger partial charge in [0, 0.05) is 23.6 Å². The second-order valence-corrected chi connectivity index (χ2v) is 6.84. The number of imidazole rings is 1. The molecule has 0 aliphatic heterocycles. The summed E-state index contributed by atoms with van der Waals surface area (Å²) < 4.78 is 19.2. The van der Waals surface area contributed by atoms with Gasteiger partial charge in [-0.05, 0) is 29.8 Å². The number of hydrogen-bond acceptors (Lipinski definition) is 5. The third-order valence-corrected chi connectivity index (χ3v) is 4.78. The van der Waals surface area contributed by atoms with Crippen LogP contribution >= 0.6 is 15.9 Å². The van der Waals surface area contributed by atoms with Crippen LogP contribution in [0.3, 0.4) is 0 Å². The molecule has 0 amide bonds. The average Bonchev–Trinajstić information content (AvgIpc) is 3.05. The smallest absolute Gasteiger partial charge is 0.203 e. The molecular weight excluding hydrogens is 410 g/mol. The lowest BCUT2D eigenvalue weighted by atomic mass is 10.1. The molecule has 0 spiro atoms.